The molecule has 3 nitrogen and oxygen atoms in total. The summed E-state index contributed by atoms with van der Waals surface area (Å²) in [4.78, 5) is 6.49. The summed E-state index contributed by atoms with van der Waals surface area (Å²) in [6.07, 6.45) is 12.0. The van der Waals surface area contributed by atoms with Crippen LogP contribution in [-0.4, -0.2) is 34.1 Å². The highest BCUT2D eigenvalue weighted by Gasteiger charge is 2.08. The third kappa shape index (κ3) is 2.84. The van der Waals surface area contributed by atoms with Crippen LogP contribution >= 0.6 is 0 Å². The minimum atomic E-state index is 1.08. The Morgan fingerprint density at radius 2 is 2.00 bits per heavy atom. The van der Waals surface area contributed by atoms with E-state index in [2.05, 4.69) is 20.6 Å². The topological polar surface area (TPSA) is 21.1 Å². The zero-order chi connectivity index (χ0) is 9.64. The van der Waals surface area contributed by atoms with Crippen LogP contribution in [0.2, 0.25) is 0 Å². The molecule has 3 heteroatoms. The molecule has 0 spiro atoms. The van der Waals surface area contributed by atoms with Gasteiger partial charge in [-0.1, -0.05) is 6.42 Å². The standard InChI is InChI=1S/C11H18N3/c1-2-6-13(7-3-1)8-4-9-14-10-5-12-11-14/h10-11H,1-4,6-9H2. The molecule has 1 fully saturated rings. The fourth-order valence-electron chi connectivity index (χ4n) is 2.03. The van der Waals surface area contributed by atoms with E-state index in [1.165, 1.54) is 45.3 Å². The van der Waals surface area contributed by atoms with Crippen molar-refractivity contribution in [2.24, 2.45) is 0 Å². The van der Waals surface area contributed by atoms with Crippen molar-refractivity contribution in [1.29, 1.82) is 0 Å². The van der Waals surface area contributed by atoms with Gasteiger partial charge < -0.3 is 9.47 Å². The van der Waals surface area contributed by atoms with Crippen molar-refractivity contribution >= 4 is 0 Å². The van der Waals surface area contributed by atoms with E-state index in [9.17, 15) is 0 Å². The Labute approximate surface area is 85.7 Å². The lowest BCUT2D eigenvalue weighted by Gasteiger charge is -2.26. The smallest absolute Gasteiger partial charge is 0.108 e. The zero-order valence-electron chi connectivity index (χ0n) is 8.65. The van der Waals surface area contributed by atoms with Gasteiger partial charge in [0.1, 0.15) is 6.20 Å². The Morgan fingerprint density at radius 3 is 2.71 bits per heavy atom. The molecule has 2 heterocycles. The van der Waals surface area contributed by atoms with Crippen LogP contribution in [0.25, 0.3) is 0 Å². The van der Waals surface area contributed by atoms with Crippen molar-refractivity contribution in [2.75, 3.05) is 19.6 Å². The van der Waals surface area contributed by atoms with Crippen LogP contribution in [-0.2, 0) is 6.54 Å². The average molecular weight is 192 g/mol. The fraction of sp³-hybridized carbons (Fsp3) is 0.727. The van der Waals surface area contributed by atoms with Crippen LogP contribution in [0.1, 0.15) is 25.7 Å². The molecule has 0 N–H and O–H groups in total. The first-order valence-corrected chi connectivity index (χ1v) is 5.55. The third-order valence-corrected chi connectivity index (χ3v) is 2.84. The van der Waals surface area contributed by atoms with Crippen LogP contribution in [0.5, 0.6) is 0 Å². The predicted molar refractivity (Wildman–Crippen MR) is 56.0 cm³/mol. The number of likely N-dealkylation sites (tertiary alicyclic amines) is 1. The van der Waals surface area contributed by atoms with Gasteiger partial charge in [0.15, 0.2) is 0 Å². The first-order chi connectivity index (χ1) is 6.95. The Bertz CT molecular complexity index is 237. The van der Waals surface area contributed by atoms with Crippen molar-refractivity contribution < 1.29 is 0 Å². The molecule has 0 bridgehead atoms. The molecule has 1 aromatic rings. The minimum Gasteiger partial charge on any atom is -0.337 e. The number of piperidine rings is 1. The lowest BCUT2D eigenvalue weighted by Crippen LogP contribution is -2.31. The Balaban J connectivity index is 1.62. The molecule has 0 saturated carbocycles. The lowest BCUT2D eigenvalue weighted by atomic mass is 10.1. The number of aromatic nitrogens is 2. The Hall–Kier alpha value is -0.830. The first-order valence-electron chi connectivity index (χ1n) is 5.55. The van der Waals surface area contributed by atoms with Gasteiger partial charge in [0.2, 0.25) is 0 Å². The average Bonchev–Trinajstić information content (AvgIpc) is 2.72. The molecule has 0 atom stereocenters. The summed E-state index contributed by atoms with van der Waals surface area (Å²) in [6, 6.07) is 0. The predicted octanol–water partition coefficient (Wildman–Crippen LogP) is 1.56. The van der Waals surface area contributed by atoms with Gasteiger partial charge in [-0.2, -0.15) is 0 Å². The summed E-state index contributed by atoms with van der Waals surface area (Å²) in [7, 11) is 0. The second-order valence-corrected chi connectivity index (χ2v) is 4.00. The van der Waals surface area contributed by atoms with Crippen LogP contribution in [0, 0.1) is 6.20 Å². The fourth-order valence-corrected chi connectivity index (χ4v) is 2.03. The highest BCUT2D eigenvalue weighted by Crippen LogP contribution is 2.08. The summed E-state index contributed by atoms with van der Waals surface area (Å²) < 4.78 is 2.10. The highest BCUT2D eigenvalue weighted by molar-refractivity contribution is 4.72. The summed E-state index contributed by atoms with van der Waals surface area (Å²) in [5.74, 6) is 0. The molecule has 1 aliphatic heterocycles. The number of rotatable bonds is 4. The molecule has 0 unspecified atom stereocenters. The molecular formula is C11H18N3. The maximum atomic E-state index is 3.91. The second kappa shape index (κ2) is 5.15. The maximum Gasteiger partial charge on any atom is 0.108 e. The molecule has 1 saturated heterocycles. The van der Waals surface area contributed by atoms with Gasteiger partial charge in [-0.05, 0) is 38.9 Å². The van der Waals surface area contributed by atoms with Crippen LogP contribution in [0.3, 0.4) is 0 Å². The number of aryl methyl sites for hydroxylation is 1. The zero-order valence-corrected chi connectivity index (χ0v) is 8.65. The molecule has 0 aliphatic carbocycles. The largest absolute Gasteiger partial charge is 0.337 e. The number of hydrogen-bond acceptors (Lipinski definition) is 2. The molecule has 1 aliphatic rings. The summed E-state index contributed by atoms with van der Waals surface area (Å²) in [6.45, 7) is 4.91. The Kier molecular flexibility index (Phi) is 3.57. The van der Waals surface area contributed by atoms with Gasteiger partial charge in [-0.3, -0.25) is 0 Å². The van der Waals surface area contributed by atoms with Crippen molar-refractivity contribution in [2.45, 2.75) is 32.2 Å². The first kappa shape index (κ1) is 9.71. The number of imidazole rings is 1. The van der Waals surface area contributed by atoms with Crippen molar-refractivity contribution in [3.8, 4) is 0 Å². The molecule has 1 aromatic heterocycles. The van der Waals surface area contributed by atoms with Crippen molar-refractivity contribution in [1.82, 2.24) is 14.5 Å². The normalized spacial score (nSPS) is 18.6. The Morgan fingerprint density at radius 1 is 1.14 bits per heavy atom. The van der Waals surface area contributed by atoms with E-state index in [4.69, 9.17) is 0 Å². The monoisotopic (exact) mass is 192 g/mol. The van der Waals surface area contributed by atoms with E-state index in [1.807, 2.05) is 12.5 Å². The molecular weight excluding hydrogens is 174 g/mol. The molecule has 14 heavy (non-hydrogen) atoms. The van der Waals surface area contributed by atoms with Gasteiger partial charge in [-0.15, -0.1) is 0 Å². The number of nitrogens with zero attached hydrogens (tertiary/aromatic N) is 3. The maximum absolute atomic E-state index is 3.91. The molecule has 2 rings (SSSR count). The van der Waals surface area contributed by atoms with Crippen LogP contribution in [0.15, 0.2) is 12.5 Å². The number of hydrogen-bond donors (Lipinski definition) is 0. The lowest BCUT2D eigenvalue weighted by molar-refractivity contribution is 0.223. The quantitative estimate of drug-likeness (QED) is 0.722. The van der Waals surface area contributed by atoms with Gasteiger partial charge in [-0.25, -0.2) is 4.98 Å². The van der Waals surface area contributed by atoms with Crippen molar-refractivity contribution in [3.63, 3.8) is 0 Å². The van der Waals surface area contributed by atoms with Gasteiger partial charge >= 0.3 is 0 Å². The summed E-state index contributed by atoms with van der Waals surface area (Å²) in [5.41, 5.74) is 0. The SMILES string of the molecule is [c]1cn(CCCN2CCCCC2)cn1. The minimum absolute atomic E-state index is 1.08. The summed E-state index contributed by atoms with van der Waals surface area (Å²) in [5, 5.41) is 0. The van der Waals surface area contributed by atoms with Crippen LogP contribution in [0.4, 0.5) is 0 Å². The van der Waals surface area contributed by atoms with Gasteiger partial charge in [0.05, 0.1) is 6.33 Å². The van der Waals surface area contributed by atoms with E-state index in [1.54, 1.807) is 0 Å². The van der Waals surface area contributed by atoms with Gasteiger partial charge in [0, 0.05) is 12.7 Å². The van der Waals surface area contributed by atoms with Crippen molar-refractivity contribution in [3.05, 3.63) is 18.7 Å². The highest BCUT2D eigenvalue weighted by atomic mass is 15.1. The van der Waals surface area contributed by atoms with E-state index < -0.39 is 0 Å². The molecule has 0 aromatic carbocycles. The molecule has 0 amide bonds. The summed E-state index contributed by atoms with van der Waals surface area (Å²) >= 11 is 0. The van der Waals surface area contributed by atoms with E-state index in [0.29, 0.717) is 0 Å². The van der Waals surface area contributed by atoms with E-state index in [0.717, 1.165) is 6.54 Å². The third-order valence-electron chi connectivity index (χ3n) is 2.84. The molecule has 1 radical (unpaired) electrons. The van der Waals surface area contributed by atoms with Crippen LogP contribution < -0.4 is 0 Å². The van der Waals surface area contributed by atoms with E-state index in [-0.39, 0.29) is 0 Å². The van der Waals surface area contributed by atoms with E-state index >= 15 is 0 Å². The second-order valence-electron chi connectivity index (χ2n) is 4.00. The molecule has 77 valence electrons. The van der Waals surface area contributed by atoms with Gasteiger partial charge in [0.25, 0.3) is 0 Å².